The predicted molar refractivity (Wildman–Crippen MR) is 70.9 cm³/mol. The maximum Gasteiger partial charge on any atom is 0.162 e. The van der Waals surface area contributed by atoms with Crippen LogP contribution < -0.4 is 0 Å². The Kier molecular flexibility index (Phi) is 3.95. The molecule has 0 aromatic heterocycles. The SMILES string of the molecule is Cc1cc(F)ccc1CC(=O)C1=CCC(C)CC1. The lowest BCUT2D eigenvalue weighted by atomic mass is 9.87. The standard InChI is InChI=1S/C16H19FO/c1-11-3-5-13(6-4-11)16(18)10-14-7-8-15(17)9-12(14)2/h5,7-9,11H,3-4,6,10H2,1-2H3. The number of aryl methyl sites for hydroxylation is 1. The van der Waals surface area contributed by atoms with Gasteiger partial charge in [0, 0.05) is 6.42 Å². The molecule has 1 aromatic rings. The lowest BCUT2D eigenvalue weighted by molar-refractivity contribution is -0.115. The van der Waals surface area contributed by atoms with Gasteiger partial charge in [-0.05, 0) is 60.9 Å². The first-order valence-electron chi connectivity index (χ1n) is 6.53. The largest absolute Gasteiger partial charge is 0.294 e. The minimum absolute atomic E-state index is 0.191. The zero-order valence-electron chi connectivity index (χ0n) is 11.0. The van der Waals surface area contributed by atoms with Crippen molar-refractivity contribution < 1.29 is 9.18 Å². The van der Waals surface area contributed by atoms with Gasteiger partial charge in [-0.15, -0.1) is 0 Å². The van der Waals surface area contributed by atoms with Crippen LogP contribution in [0.5, 0.6) is 0 Å². The highest BCUT2D eigenvalue weighted by Crippen LogP contribution is 2.24. The molecule has 1 aliphatic carbocycles. The van der Waals surface area contributed by atoms with Crippen molar-refractivity contribution >= 4 is 5.78 Å². The summed E-state index contributed by atoms with van der Waals surface area (Å²) in [7, 11) is 0. The van der Waals surface area contributed by atoms with Gasteiger partial charge in [0.05, 0.1) is 0 Å². The summed E-state index contributed by atoms with van der Waals surface area (Å²) in [5, 5.41) is 0. The lowest BCUT2D eigenvalue weighted by Crippen LogP contribution is -2.12. The van der Waals surface area contributed by atoms with E-state index in [1.165, 1.54) is 12.1 Å². The number of hydrogen-bond donors (Lipinski definition) is 0. The average molecular weight is 246 g/mol. The number of Topliss-reactive ketones (excluding diaryl/α,β-unsaturated/α-hetero) is 1. The predicted octanol–water partition coefficient (Wildman–Crippen LogP) is 3.99. The molecule has 0 heterocycles. The first-order valence-corrected chi connectivity index (χ1v) is 6.53. The Hall–Kier alpha value is -1.44. The molecule has 0 aliphatic heterocycles. The van der Waals surface area contributed by atoms with Crippen molar-refractivity contribution in [2.45, 2.75) is 39.5 Å². The highest BCUT2D eigenvalue weighted by Gasteiger charge is 2.16. The third kappa shape index (κ3) is 3.06. The molecule has 0 fully saturated rings. The van der Waals surface area contributed by atoms with Crippen molar-refractivity contribution in [1.82, 2.24) is 0 Å². The lowest BCUT2D eigenvalue weighted by Gasteiger charge is -2.17. The van der Waals surface area contributed by atoms with E-state index in [2.05, 4.69) is 13.0 Å². The molecule has 96 valence electrons. The average Bonchev–Trinajstić information content (AvgIpc) is 2.33. The number of allylic oxidation sites excluding steroid dienone is 2. The number of benzene rings is 1. The van der Waals surface area contributed by atoms with Crippen LogP contribution in [-0.2, 0) is 11.2 Å². The molecule has 18 heavy (non-hydrogen) atoms. The Morgan fingerprint density at radius 3 is 2.83 bits per heavy atom. The summed E-state index contributed by atoms with van der Waals surface area (Å²) in [4.78, 5) is 12.1. The third-order valence-corrected chi connectivity index (χ3v) is 3.69. The van der Waals surface area contributed by atoms with Crippen molar-refractivity contribution in [3.8, 4) is 0 Å². The van der Waals surface area contributed by atoms with Gasteiger partial charge in [0.1, 0.15) is 5.82 Å². The Labute approximate surface area is 108 Å². The fourth-order valence-corrected chi connectivity index (χ4v) is 2.36. The molecular weight excluding hydrogens is 227 g/mol. The topological polar surface area (TPSA) is 17.1 Å². The highest BCUT2D eigenvalue weighted by atomic mass is 19.1. The van der Waals surface area contributed by atoms with Crippen molar-refractivity contribution in [3.05, 3.63) is 46.8 Å². The van der Waals surface area contributed by atoms with Crippen LogP contribution >= 0.6 is 0 Å². The van der Waals surface area contributed by atoms with E-state index in [0.29, 0.717) is 12.3 Å². The van der Waals surface area contributed by atoms with Gasteiger partial charge in [-0.25, -0.2) is 4.39 Å². The smallest absolute Gasteiger partial charge is 0.162 e. The van der Waals surface area contributed by atoms with Crippen LogP contribution in [-0.4, -0.2) is 5.78 Å². The summed E-state index contributed by atoms with van der Waals surface area (Å²) < 4.78 is 13.0. The minimum Gasteiger partial charge on any atom is -0.294 e. The fraction of sp³-hybridized carbons (Fsp3) is 0.438. The van der Waals surface area contributed by atoms with Crippen LogP contribution in [0.3, 0.4) is 0 Å². The minimum atomic E-state index is -0.241. The number of ketones is 1. The van der Waals surface area contributed by atoms with Crippen molar-refractivity contribution in [2.75, 3.05) is 0 Å². The van der Waals surface area contributed by atoms with E-state index in [1.807, 2.05) is 6.92 Å². The fourth-order valence-electron chi connectivity index (χ4n) is 2.36. The number of carbonyl (C=O) groups is 1. The number of carbonyl (C=O) groups excluding carboxylic acids is 1. The molecule has 0 N–H and O–H groups in total. The van der Waals surface area contributed by atoms with Crippen LogP contribution in [0.15, 0.2) is 29.8 Å². The Balaban J connectivity index is 2.07. The van der Waals surface area contributed by atoms with Gasteiger partial charge in [-0.1, -0.05) is 19.1 Å². The second-order valence-electron chi connectivity index (χ2n) is 5.28. The van der Waals surface area contributed by atoms with E-state index >= 15 is 0 Å². The summed E-state index contributed by atoms with van der Waals surface area (Å²) >= 11 is 0. The zero-order valence-corrected chi connectivity index (χ0v) is 11.0. The number of halogens is 1. The first-order chi connectivity index (χ1) is 8.56. The van der Waals surface area contributed by atoms with Gasteiger partial charge in [-0.3, -0.25) is 4.79 Å². The maximum atomic E-state index is 13.0. The van der Waals surface area contributed by atoms with E-state index in [0.717, 1.165) is 36.0 Å². The second-order valence-corrected chi connectivity index (χ2v) is 5.28. The summed E-state index contributed by atoms with van der Waals surface area (Å²) in [5.41, 5.74) is 2.74. The van der Waals surface area contributed by atoms with E-state index < -0.39 is 0 Å². The van der Waals surface area contributed by atoms with Gasteiger partial charge in [0.25, 0.3) is 0 Å². The van der Waals surface area contributed by atoms with E-state index in [4.69, 9.17) is 0 Å². The third-order valence-electron chi connectivity index (χ3n) is 3.69. The number of rotatable bonds is 3. The summed E-state index contributed by atoms with van der Waals surface area (Å²) in [6.07, 6.45) is 5.46. The first kappa shape index (κ1) is 13.0. The van der Waals surface area contributed by atoms with Crippen LogP contribution in [0.1, 0.15) is 37.3 Å². The normalized spacial score (nSPS) is 19.5. The van der Waals surface area contributed by atoms with Crippen LogP contribution in [0.2, 0.25) is 0 Å². The highest BCUT2D eigenvalue weighted by molar-refractivity contribution is 5.97. The van der Waals surface area contributed by atoms with Gasteiger partial charge < -0.3 is 0 Å². The Morgan fingerprint density at radius 1 is 1.44 bits per heavy atom. The monoisotopic (exact) mass is 246 g/mol. The summed E-state index contributed by atoms with van der Waals surface area (Å²) in [6, 6.07) is 4.63. The molecule has 0 radical (unpaired) electrons. The van der Waals surface area contributed by atoms with Gasteiger partial charge in [-0.2, -0.15) is 0 Å². The molecule has 2 rings (SSSR count). The molecule has 1 unspecified atom stereocenters. The second kappa shape index (κ2) is 5.47. The summed E-state index contributed by atoms with van der Waals surface area (Å²) in [6.45, 7) is 4.06. The maximum absolute atomic E-state index is 13.0. The molecule has 1 aliphatic rings. The number of hydrogen-bond acceptors (Lipinski definition) is 1. The van der Waals surface area contributed by atoms with Crippen molar-refractivity contribution in [2.24, 2.45) is 5.92 Å². The Bertz CT molecular complexity index is 488. The van der Waals surface area contributed by atoms with E-state index in [1.54, 1.807) is 6.07 Å². The molecule has 0 bridgehead atoms. The van der Waals surface area contributed by atoms with Crippen LogP contribution in [0.25, 0.3) is 0 Å². The van der Waals surface area contributed by atoms with E-state index in [-0.39, 0.29) is 11.6 Å². The van der Waals surface area contributed by atoms with Gasteiger partial charge >= 0.3 is 0 Å². The zero-order chi connectivity index (χ0) is 13.1. The quantitative estimate of drug-likeness (QED) is 0.788. The van der Waals surface area contributed by atoms with Crippen LogP contribution in [0, 0.1) is 18.7 Å². The molecule has 0 saturated carbocycles. The molecular formula is C16H19FO. The Morgan fingerprint density at radius 2 is 2.22 bits per heavy atom. The van der Waals surface area contributed by atoms with Crippen molar-refractivity contribution in [3.63, 3.8) is 0 Å². The van der Waals surface area contributed by atoms with E-state index in [9.17, 15) is 9.18 Å². The molecule has 0 amide bonds. The van der Waals surface area contributed by atoms with Crippen molar-refractivity contribution in [1.29, 1.82) is 0 Å². The summed E-state index contributed by atoms with van der Waals surface area (Å²) in [5.74, 6) is 0.639. The molecule has 1 atom stereocenters. The molecule has 1 aromatic carbocycles. The van der Waals surface area contributed by atoms with Crippen LogP contribution in [0.4, 0.5) is 4.39 Å². The molecule has 0 saturated heterocycles. The molecule has 0 spiro atoms. The molecule has 1 nitrogen and oxygen atoms in total. The van der Waals surface area contributed by atoms with Gasteiger partial charge in [0.2, 0.25) is 0 Å². The molecule has 2 heteroatoms. The van der Waals surface area contributed by atoms with Gasteiger partial charge in [0.15, 0.2) is 5.78 Å².